The topological polar surface area (TPSA) is 354 Å². The van der Waals surface area contributed by atoms with Gasteiger partial charge in [-0.1, -0.05) is 60.1 Å². The van der Waals surface area contributed by atoms with Gasteiger partial charge in [-0.15, -0.1) is 0 Å². The average Bonchev–Trinajstić information content (AvgIpc) is 3.37. The third-order valence-corrected chi connectivity index (χ3v) is 20.9. The summed E-state index contributed by atoms with van der Waals surface area (Å²) in [6, 6.07) is 0. The number of aliphatic hydroxyl groups is 13. The van der Waals surface area contributed by atoms with Crippen LogP contribution in [0.1, 0.15) is 113 Å². The van der Waals surface area contributed by atoms with Crippen LogP contribution in [0.25, 0.3) is 0 Å². The molecule has 75 heavy (non-hydrogen) atoms. The zero-order chi connectivity index (χ0) is 54.7. The van der Waals surface area contributed by atoms with Gasteiger partial charge in [-0.2, -0.15) is 0 Å². The van der Waals surface area contributed by atoms with E-state index in [0.29, 0.717) is 19.3 Å². The number of carbonyl (C=O) groups is 1. The Morgan fingerprint density at radius 2 is 1.13 bits per heavy atom. The van der Waals surface area contributed by atoms with Crippen LogP contribution >= 0.6 is 0 Å². The molecule has 9 rings (SSSR count). The maximum Gasteiger partial charge on any atom is 0.338 e. The Kier molecular flexibility index (Phi) is 16.3. The van der Waals surface area contributed by atoms with Crippen molar-refractivity contribution in [1.82, 2.24) is 0 Å². The van der Waals surface area contributed by atoms with Gasteiger partial charge in [0.1, 0.15) is 97.2 Å². The van der Waals surface area contributed by atoms with Crippen LogP contribution in [0.15, 0.2) is 11.6 Å². The van der Waals surface area contributed by atoms with Gasteiger partial charge in [0.25, 0.3) is 0 Å². The number of hydrogen-bond donors (Lipinski definition) is 13. The Morgan fingerprint density at radius 3 is 1.72 bits per heavy atom. The first-order valence-electron chi connectivity index (χ1n) is 27.2. The standard InChI is InChI=1S/C53H86O22/c1-48(2)14-16-53(75-44(67)42-38(64)35(61)32(58)26(19-54)69-42)17-15-51(6)23(24(53)18-48)8-9-30-50(5)12-11-31(49(3,4)29(50)10-13-52(30,51)7)72-47-43(74-46-40(66)37(63)34(60)28(21-56)71-46)41(25(57)22-68-47)73-45-39(65)36(62)33(59)27(20-55)70-45/h8,24-43,45-47,54-66H,9-22H2,1-7H3. The molecule has 4 saturated heterocycles. The highest BCUT2D eigenvalue weighted by Gasteiger charge is 2.70. The fourth-order valence-electron chi connectivity index (χ4n) is 16.2. The van der Waals surface area contributed by atoms with Crippen molar-refractivity contribution in [2.75, 3.05) is 26.4 Å². The molecule has 0 radical (unpaired) electrons. The maximum absolute atomic E-state index is 14.2. The number of aliphatic hydroxyl groups excluding tert-OH is 13. The molecule has 22 nitrogen and oxygen atoms in total. The summed E-state index contributed by atoms with van der Waals surface area (Å²) in [5.74, 6) is -0.638. The van der Waals surface area contributed by atoms with Gasteiger partial charge in [-0.25, -0.2) is 4.79 Å². The summed E-state index contributed by atoms with van der Waals surface area (Å²) in [5.41, 5.74) is -0.919. The van der Waals surface area contributed by atoms with Crippen LogP contribution in [-0.4, -0.2) is 227 Å². The highest BCUT2D eigenvalue weighted by Crippen LogP contribution is 2.75. The summed E-state index contributed by atoms with van der Waals surface area (Å²) in [4.78, 5) is 14.2. The molecule has 0 bridgehead atoms. The second kappa shape index (κ2) is 21.1. The van der Waals surface area contributed by atoms with Crippen LogP contribution < -0.4 is 0 Å². The molecular formula is C53H86O22. The molecular weight excluding hydrogens is 989 g/mol. The van der Waals surface area contributed by atoms with Crippen molar-refractivity contribution in [3.05, 3.63) is 11.6 Å². The number of hydrogen-bond acceptors (Lipinski definition) is 22. The summed E-state index contributed by atoms with van der Waals surface area (Å²) in [6.45, 7) is 13.5. The number of esters is 1. The quantitative estimate of drug-likeness (QED) is 0.0629. The second-order valence-electron chi connectivity index (χ2n) is 25.8. The van der Waals surface area contributed by atoms with E-state index in [4.69, 9.17) is 37.9 Å². The molecule has 4 heterocycles. The lowest BCUT2D eigenvalue weighted by Gasteiger charge is -2.71. The number of rotatable bonds is 11. The molecule has 4 aliphatic heterocycles. The van der Waals surface area contributed by atoms with Crippen molar-refractivity contribution in [1.29, 1.82) is 0 Å². The SMILES string of the molecule is CC1(C)CCC2(OC(=O)C3OC(CO)C(O)C(O)C3O)CCC3(C)C(=CCC4C5(C)CCC(OC6OCC(O)C(OC7OC(CO)C(O)C(O)C7O)C6OC6OC(CO)C(O)C(O)C6O)C(C)(C)C5CCC43C)C2C1. The Morgan fingerprint density at radius 1 is 0.587 bits per heavy atom. The van der Waals surface area contributed by atoms with E-state index < -0.39 is 159 Å². The van der Waals surface area contributed by atoms with Crippen molar-refractivity contribution in [3.63, 3.8) is 0 Å². The summed E-state index contributed by atoms with van der Waals surface area (Å²) in [6.07, 6.45) is -21.7. The molecule has 9 aliphatic rings. The van der Waals surface area contributed by atoms with E-state index in [1.807, 2.05) is 0 Å². The van der Waals surface area contributed by atoms with E-state index in [0.717, 1.165) is 44.9 Å². The minimum Gasteiger partial charge on any atom is -0.456 e. The van der Waals surface area contributed by atoms with Crippen molar-refractivity contribution >= 4 is 5.97 Å². The molecule has 5 aliphatic carbocycles. The minimum atomic E-state index is -1.87. The number of allylic oxidation sites excluding steroid dienone is 1. The summed E-state index contributed by atoms with van der Waals surface area (Å²) in [5, 5.41) is 138. The number of carbonyl (C=O) groups excluding carboxylic acids is 1. The summed E-state index contributed by atoms with van der Waals surface area (Å²) >= 11 is 0. The molecule has 0 aromatic heterocycles. The van der Waals surface area contributed by atoms with Gasteiger partial charge >= 0.3 is 5.97 Å². The monoisotopic (exact) mass is 1070 g/mol. The Hall–Kier alpha value is -1.59. The first-order chi connectivity index (χ1) is 35.1. The van der Waals surface area contributed by atoms with Gasteiger partial charge in [-0.3, -0.25) is 0 Å². The van der Waals surface area contributed by atoms with E-state index >= 15 is 0 Å². The van der Waals surface area contributed by atoms with Gasteiger partial charge in [0.15, 0.2) is 25.0 Å². The third-order valence-electron chi connectivity index (χ3n) is 20.9. The molecule has 0 aromatic rings. The van der Waals surface area contributed by atoms with Crippen LogP contribution in [0, 0.1) is 44.8 Å². The average molecular weight is 1080 g/mol. The smallest absolute Gasteiger partial charge is 0.338 e. The zero-order valence-electron chi connectivity index (χ0n) is 44.2. The molecule has 0 spiro atoms. The first-order valence-corrected chi connectivity index (χ1v) is 27.2. The van der Waals surface area contributed by atoms with E-state index in [1.54, 1.807) is 0 Å². The molecule has 13 N–H and O–H groups in total. The van der Waals surface area contributed by atoms with Crippen LogP contribution in [0.5, 0.6) is 0 Å². The zero-order valence-corrected chi connectivity index (χ0v) is 44.2. The third kappa shape index (κ3) is 9.60. The first kappa shape index (κ1) is 58.1. The highest BCUT2D eigenvalue weighted by molar-refractivity contribution is 5.76. The lowest BCUT2D eigenvalue weighted by atomic mass is 9.34. The van der Waals surface area contributed by atoms with E-state index in [9.17, 15) is 71.2 Å². The van der Waals surface area contributed by atoms with Crippen LogP contribution in [-0.2, 0) is 42.7 Å². The lowest BCUT2D eigenvalue weighted by molar-refractivity contribution is -0.389. The summed E-state index contributed by atoms with van der Waals surface area (Å²) in [7, 11) is 0. The van der Waals surface area contributed by atoms with Crippen molar-refractivity contribution in [3.8, 4) is 0 Å². The Balaban J connectivity index is 0.974. The fourth-order valence-corrected chi connectivity index (χ4v) is 16.2. The largest absolute Gasteiger partial charge is 0.456 e. The van der Waals surface area contributed by atoms with E-state index in [-0.39, 0.29) is 46.0 Å². The van der Waals surface area contributed by atoms with Gasteiger partial charge in [0.05, 0.1) is 32.5 Å². The number of ether oxygens (including phenoxy) is 8. The minimum absolute atomic E-state index is 0.0717. The van der Waals surface area contributed by atoms with Gasteiger partial charge in [0, 0.05) is 5.92 Å². The second-order valence-corrected chi connectivity index (χ2v) is 25.8. The van der Waals surface area contributed by atoms with Crippen molar-refractivity contribution < 1.29 is 109 Å². The van der Waals surface area contributed by atoms with E-state index in [2.05, 4.69) is 54.5 Å². The molecule has 22 heteroatoms. The Bertz CT molecular complexity index is 2050. The molecule has 27 atom stereocenters. The van der Waals surface area contributed by atoms with Gasteiger partial charge in [0.2, 0.25) is 0 Å². The Labute approximate surface area is 437 Å². The fraction of sp³-hybridized carbons (Fsp3) is 0.943. The van der Waals surface area contributed by atoms with Crippen molar-refractivity contribution in [2.45, 2.75) is 241 Å². The molecule has 430 valence electrons. The molecule has 0 amide bonds. The van der Waals surface area contributed by atoms with Crippen LogP contribution in [0.3, 0.4) is 0 Å². The molecule has 4 saturated carbocycles. The molecule has 0 aromatic carbocycles. The van der Waals surface area contributed by atoms with Gasteiger partial charge < -0.3 is 104 Å². The summed E-state index contributed by atoms with van der Waals surface area (Å²) < 4.78 is 49.3. The van der Waals surface area contributed by atoms with Gasteiger partial charge in [-0.05, 0) is 103 Å². The number of fused-ring (bicyclic) bond motifs is 7. The normalized spacial score (nSPS) is 53.5. The molecule has 8 fully saturated rings. The predicted octanol–water partition coefficient (Wildman–Crippen LogP) is -1.60. The lowest BCUT2D eigenvalue weighted by Crippen LogP contribution is -2.67. The molecule has 27 unspecified atom stereocenters. The maximum atomic E-state index is 14.2. The van der Waals surface area contributed by atoms with E-state index in [1.165, 1.54) is 5.57 Å². The van der Waals surface area contributed by atoms with Crippen LogP contribution in [0.2, 0.25) is 0 Å². The van der Waals surface area contributed by atoms with Crippen molar-refractivity contribution in [2.24, 2.45) is 44.8 Å². The predicted molar refractivity (Wildman–Crippen MR) is 257 cm³/mol. The van der Waals surface area contributed by atoms with Crippen LogP contribution in [0.4, 0.5) is 0 Å². The highest BCUT2D eigenvalue weighted by atomic mass is 16.8.